The van der Waals surface area contributed by atoms with Crippen LogP contribution in [0.15, 0.2) is 0 Å². The minimum absolute atomic E-state index is 0.138. The van der Waals surface area contributed by atoms with Crippen LogP contribution in [0, 0.1) is 0 Å². The molecule has 1 fully saturated rings. The van der Waals surface area contributed by atoms with Crippen molar-refractivity contribution in [3.63, 3.8) is 0 Å². The SMILES string of the molecule is CCC(C)O[C@H]1OC(CO)[C@@H](O)C(O)[C@H]1O. The lowest BCUT2D eigenvalue weighted by atomic mass is 9.99. The maximum Gasteiger partial charge on any atom is 0.186 e. The summed E-state index contributed by atoms with van der Waals surface area (Å²) in [4.78, 5) is 0. The van der Waals surface area contributed by atoms with Crippen molar-refractivity contribution < 1.29 is 29.9 Å². The van der Waals surface area contributed by atoms with Crippen LogP contribution in [-0.4, -0.2) is 63.8 Å². The molecule has 6 nitrogen and oxygen atoms in total. The van der Waals surface area contributed by atoms with Crippen molar-refractivity contribution in [2.75, 3.05) is 6.61 Å². The smallest absolute Gasteiger partial charge is 0.186 e. The Morgan fingerprint density at radius 1 is 1.19 bits per heavy atom. The zero-order chi connectivity index (χ0) is 12.3. The quantitative estimate of drug-likeness (QED) is 0.479. The van der Waals surface area contributed by atoms with Gasteiger partial charge in [0.15, 0.2) is 6.29 Å². The minimum atomic E-state index is -1.38. The number of rotatable bonds is 4. The van der Waals surface area contributed by atoms with Gasteiger partial charge in [-0.3, -0.25) is 0 Å². The molecule has 0 aromatic carbocycles. The van der Waals surface area contributed by atoms with Crippen molar-refractivity contribution in [1.29, 1.82) is 0 Å². The monoisotopic (exact) mass is 236 g/mol. The highest BCUT2D eigenvalue weighted by atomic mass is 16.7. The second-order valence-electron chi connectivity index (χ2n) is 4.05. The molecule has 0 aliphatic carbocycles. The van der Waals surface area contributed by atoms with E-state index in [2.05, 4.69) is 0 Å². The van der Waals surface area contributed by atoms with E-state index in [0.29, 0.717) is 0 Å². The maximum atomic E-state index is 9.62. The molecule has 1 rings (SSSR count). The number of ether oxygens (including phenoxy) is 2. The van der Waals surface area contributed by atoms with Gasteiger partial charge >= 0.3 is 0 Å². The second kappa shape index (κ2) is 5.90. The Morgan fingerprint density at radius 3 is 2.31 bits per heavy atom. The second-order valence-corrected chi connectivity index (χ2v) is 4.05. The lowest BCUT2D eigenvalue weighted by Gasteiger charge is -2.40. The summed E-state index contributed by atoms with van der Waals surface area (Å²) in [6.45, 7) is 3.28. The number of aliphatic hydroxyl groups excluding tert-OH is 4. The third-order valence-electron chi connectivity index (χ3n) is 2.79. The molecule has 0 aromatic heterocycles. The van der Waals surface area contributed by atoms with Crippen molar-refractivity contribution in [2.45, 2.75) is 57.1 Å². The van der Waals surface area contributed by atoms with Crippen molar-refractivity contribution in [1.82, 2.24) is 0 Å². The molecule has 0 amide bonds. The Balaban J connectivity index is 2.63. The van der Waals surface area contributed by atoms with Crippen LogP contribution in [0.3, 0.4) is 0 Å². The van der Waals surface area contributed by atoms with Gasteiger partial charge in [0, 0.05) is 0 Å². The first kappa shape index (κ1) is 13.8. The normalized spacial score (nSPS) is 42.0. The van der Waals surface area contributed by atoms with E-state index in [-0.39, 0.29) is 6.10 Å². The summed E-state index contributed by atoms with van der Waals surface area (Å²) in [5.41, 5.74) is 0. The molecule has 16 heavy (non-hydrogen) atoms. The van der Waals surface area contributed by atoms with Crippen LogP contribution in [0.1, 0.15) is 20.3 Å². The van der Waals surface area contributed by atoms with Crippen molar-refractivity contribution in [3.05, 3.63) is 0 Å². The third-order valence-corrected chi connectivity index (χ3v) is 2.79. The van der Waals surface area contributed by atoms with Crippen molar-refractivity contribution in [2.24, 2.45) is 0 Å². The highest BCUT2D eigenvalue weighted by molar-refractivity contribution is 4.89. The molecule has 4 N–H and O–H groups in total. The van der Waals surface area contributed by atoms with Gasteiger partial charge in [0.25, 0.3) is 0 Å². The van der Waals surface area contributed by atoms with E-state index < -0.39 is 37.3 Å². The zero-order valence-corrected chi connectivity index (χ0v) is 9.48. The van der Waals surface area contributed by atoms with Gasteiger partial charge in [-0.15, -0.1) is 0 Å². The Hall–Kier alpha value is -0.240. The van der Waals surface area contributed by atoms with Gasteiger partial charge in [-0.05, 0) is 13.3 Å². The fraction of sp³-hybridized carbons (Fsp3) is 1.00. The summed E-state index contributed by atoms with van der Waals surface area (Å²) in [5, 5.41) is 37.6. The van der Waals surface area contributed by atoms with Crippen LogP contribution < -0.4 is 0 Å². The molecule has 0 saturated carbocycles. The van der Waals surface area contributed by atoms with Crippen LogP contribution in [0.25, 0.3) is 0 Å². The molecule has 6 heteroatoms. The molecule has 0 bridgehead atoms. The van der Waals surface area contributed by atoms with Crippen LogP contribution in [0.4, 0.5) is 0 Å². The molecule has 0 spiro atoms. The lowest BCUT2D eigenvalue weighted by Crippen LogP contribution is -2.59. The van der Waals surface area contributed by atoms with Crippen LogP contribution in [0.2, 0.25) is 0 Å². The lowest BCUT2D eigenvalue weighted by molar-refractivity contribution is -0.310. The Morgan fingerprint density at radius 2 is 1.81 bits per heavy atom. The van der Waals surface area contributed by atoms with Crippen molar-refractivity contribution in [3.8, 4) is 0 Å². The molecule has 1 aliphatic heterocycles. The predicted octanol–water partition coefficient (Wildman–Crippen LogP) is -1.40. The highest BCUT2D eigenvalue weighted by Gasteiger charge is 2.44. The minimum Gasteiger partial charge on any atom is -0.394 e. The summed E-state index contributed by atoms with van der Waals surface area (Å²) in [7, 11) is 0. The van der Waals surface area contributed by atoms with E-state index in [1.807, 2.05) is 6.92 Å². The van der Waals surface area contributed by atoms with E-state index in [1.165, 1.54) is 0 Å². The van der Waals surface area contributed by atoms with E-state index >= 15 is 0 Å². The zero-order valence-electron chi connectivity index (χ0n) is 9.48. The summed E-state index contributed by atoms with van der Waals surface area (Å²) in [5.74, 6) is 0. The standard InChI is InChI=1S/C10H20O6/c1-3-5(2)15-10-9(14)8(13)7(12)6(4-11)16-10/h5-14H,3-4H2,1-2H3/t5?,6?,7-,8?,9-,10+/m1/s1. The fourth-order valence-corrected chi connectivity index (χ4v) is 1.50. The number of hydrogen-bond donors (Lipinski definition) is 4. The Kier molecular flexibility index (Phi) is 5.10. The molecule has 0 aromatic rings. The largest absolute Gasteiger partial charge is 0.394 e. The van der Waals surface area contributed by atoms with Gasteiger partial charge < -0.3 is 29.9 Å². The topological polar surface area (TPSA) is 99.4 Å². The van der Waals surface area contributed by atoms with E-state index in [4.69, 9.17) is 14.6 Å². The summed E-state index contributed by atoms with van der Waals surface area (Å²) in [6.07, 6.45) is -5.36. The predicted molar refractivity (Wildman–Crippen MR) is 54.6 cm³/mol. The molecular formula is C10H20O6. The fourth-order valence-electron chi connectivity index (χ4n) is 1.50. The average Bonchev–Trinajstić information content (AvgIpc) is 2.29. The third kappa shape index (κ3) is 2.91. The van der Waals surface area contributed by atoms with Crippen LogP contribution >= 0.6 is 0 Å². The summed E-state index contributed by atoms with van der Waals surface area (Å²) < 4.78 is 10.5. The first-order valence-corrected chi connectivity index (χ1v) is 5.47. The summed E-state index contributed by atoms with van der Waals surface area (Å²) >= 11 is 0. The van der Waals surface area contributed by atoms with Crippen LogP contribution in [-0.2, 0) is 9.47 Å². The Bertz CT molecular complexity index is 209. The van der Waals surface area contributed by atoms with E-state index in [9.17, 15) is 15.3 Å². The van der Waals surface area contributed by atoms with Gasteiger partial charge in [-0.25, -0.2) is 0 Å². The first-order chi connectivity index (χ1) is 7.51. The van der Waals surface area contributed by atoms with Gasteiger partial charge in [-0.2, -0.15) is 0 Å². The molecule has 1 heterocycles. The van der Waals surface area contributed by atoms with Gasteiger partial charge in [-0.1, -0.05) is 6.92 Å². The Labute approximate surface area is 94.4 Å². The van der Waals surface area contributed by atoms with E-state index in [0.717, 1.165) is 6.42 Å². The molecule has 0 radical (unpaired) electrons. The molecule has 1 aliphatic rings. The molecule has 96 valence electrons. The van der Waals surface area contributed by atoms with Gasteiger partial charge in [0.2, 0.25) is 0 Å². The first-order valence-electron chi connectivity index (χ1n) is 5.47. The number of hydrogen-bond acceptors (Lipinski definition) is 6. The number of aliphatic hydroxyl groups is 4. The van der Waals surface area contributed by atoms with Gasteiger partial charge in [0.1, 0.15) is 24.4 Å². The van der Waals surface area contributed by atoms with Crippen LogP contribution in [0.5, 0.6) is 0 Å². The maximum absolute atomic E-state index is 9.62. The molecular weight excluding hydrogens is 216 g/mol. The summed E-state index contributed by atoms with van der Waals surface area (Å²) in [6, 6.07) is 0. The molecule has 6 atom stereocenters. The van der Waals surface area contributed by atoms with E-state index in [1.54, 1.807) is 6.92 Å². The molecule has 3 unspecified atom stereocenters. The van der Waals surface area contributed by atoms with Crippen molar-refractivity contribution >= 4 is 0 Å². The molecule has 1 saturated heterocycles. The highest BCUT2D eigenvalue weighted by Crippen LogP contribution is 2.23. The van der Waals surface area contributed by atoms with Gasteiger partial charge in [0.05, 0.1) is 12.7 Å². The average molecular weight is 236 g/mol.